The SMILES string of the molecule is CN1C(=O)C(C(O)c2ccccc2Br)N(C(=O)OC(C)(C)C)[C@@H]1C(C)(C)C. The van der Waals surface area contributed by atoms with E-state index in [2.05, 4.69) is 15.9 Å². The van der Waals surface area contributed by atoms with Gasteiger partial charge in [0.05, 0.1) is 0 Å². The lowest BCUT2D eigenvalue weighted by molar-refractivity contribution is -0.131. The number of aliphatic hydroxyl groups is 1. The summed E-state index contributed by atoms with van der Waals surface area (Å²) in [7, 11) is 1.66. The number of carbonyl (C=O) groups is 2. The minimum atomic E-state index is -1.18. The van der Waals surface area contributed by atoms with E-state index < -0.39 is 35.4 Å². The molecule has 1 fully saturated rings. The first-order chi connectivity index (χ1) is 12.3. The summed E-state index contributed by atoms with van der Waals surface area (Å²) in [4.78, 5) is 29.0. The van der Waals surface area contributed by atoms with Crippen LogP contribution < -0.4 is 0 Å². The molecule has 150 valence electrons. The van der Waals surface area contributed by atoms with Gasteiger partial charge < -0.3 is 14.7 Å². The molecule has 0 aromatic heterocycles. The predicted molar refractivity (Wildman–Crippen MR) is 107 cm³/mol. The van der Waals surface area contributed by atoms with E-state index in [1.165, 1.54) is 9.80 Å². The van der Waals surface area contributed by atoms with Gasteiger partial charge in [0.15, 0.2) is 0 Å². The zero-order chi connectivity index (χ0) is 20.7. The highest BCUT2D eigenvalue weighted by molar-refractivity contribution is 9.10. The van der Waals surface area contributed by atoms with Gasteiger partial charge in [-0.1, -0.05) is 54.9 Å². The number of aliphatic hydroxyl groups excluding tert-OH is 1. The standard InChI is InChI=1S/C20H29BrN2O4/c1-19(2,3)17-22(7)16(25)14(23(17)18(26)27-20(4,5)6)15(24)12-10-8-9-11-13(12)21/h8-11,14-15,17,24H,1-7H3/t14?,15?,17-/m1/s1. The van der Waals surface area contributed by atoms with Crippen LogP contribution in [0.4, 0.5) is 4.79 Å². The van der Waals surface area contributed by atoms with E-state index in [9.17, 15) is 14.7 Å². The quantitative estimate of drug-likeness (QED) is 0.755. The third-order valence-electron chi connectivity index (χ3n) is 4.43. The number of carbonyl (C=O) groups excluding carboxylic acids is 2. The number of hydrogen-bond acceptors (Lipinski definition) is 4. The molecule has 0 saturated carbocycles. The molecule has 3 atom stereocenters. The zero-order valence-corrected chi connectivity index (χ0v) is 18.6. The maximum atomic E-state index is 13.1. The van der Waals surface area contributed by atoms with Crippen molar-refractivity contribution in [3.8, 4) is 0 Å². The van der Waals surface area contributed by atoms with E-state index in [0.29, 0.717) is 10.0 Å². The monoisotopic (exact) mass is 440 g/mol. The van der Waals surface area contributed by atoms with Crippen molar-refractivity contribution < 1.29 is 19.4 Å². The van der Waals surface area contributed by atoms with Gasteiger partial charge in [0.2, 0.25) is 5.91 Å². The van der Waals surface area contributed by atoms with Gasteiger partial charge in [-0.15, -0.1) is 0 Å². The van der Waals surface area contributed by atoms with Gasteiger partial charge in [0, 0.05) is 16.9 Å². The Hall–Kier alpha value is -1.60. The zero-order valence-electron chi connectivity index (χ0n) is 17.0. The van der Waals surface area contributed by atoms with E-state index >= 15 is 0 Å². The summed E-state index contributed by atoms with van der Waals surface area (Å²) < 4.78 is 6.25. The first-order valence-electron chi connectivity index (χ1n) is 8.96. The molecule has 7 heteroatoms. The Morgan fingerprint density at radius 3 is 2.22 bits per heavy atom. The second-order valence-corrected chi connectivity index (χ2v) is 9.84. The fourth-order valence-corrected chi connectivity index (χ4v) is 4.00. The molecule has 1 aliphatic heterocycles. The maximum absolute atomic E-state index is 13.1. The van der Waals surface area contributed by atoms with Crippen LogP contribution in [0.1, 0.15) is 53.2 Å². The van der Waals surface area contributed by atoms with Crippen LogP contribution in [-0.2, 0) is 9.53 Å². The molecule has 1 N–H and O–H groups in total. The molecule has 2 unspecified atom stereocenters. The summed E-state index contributed by atoms with van der Waals surface area (Å²) >= 11 is 3.42. The first kappa shape index (κ1) is 21.7. The Labute approximate surface area is 169 Å². The van der Waals surface area contributed by atoms with Crippen LogP contribution in [-0.4, -0.2) is 51.8 Å². The van der Waals surface area contributed by atoms with Crippen LogP contribution in [0.25, 0.3) is 0 Å². The summed E-state index contributed by atoms with van der Waals surface area (Å²) in [6, 6.07) is 6.08. The third-order valence-corrected chi connectivity index (χ3v) is 5.15. The molecule has 0 spiro atoms. The molecular formula is C20H29BrN2O4. The number of nitrogens with zero attached hydrogens (tertiary/aromatic N) is 2. The Balaban J connectivity index is 2.53. The maximum Gasteiger partial charge on any atom is 0.412 e. The lowest BCUT2D eigenvalue weighted by Crippen LogP contribution is -2.53. The van der Waals surface area contributed by atoms with Gasteiger partial charge >= 0.3 is 6.09 Å². The van der Waals surface area contributed by atoms with Gasteiger partial charge in [-0.05, 0) is 32.4 Å². The number of likely N-dealkylation sites (N-methyl/N-ethyl adjacent to an activating group) is 1. The average Bonchev–Trinajstić information content (AvgIpc) is 2.77. The fourth-order valence-electron chi connectivity index (χ4n) is 3.49. The molecule has 1 aliphatic rings. The van der Waals surface area contributed by atoms with Crippen molar-refractivity contribution in [2.75, 3.05) is 7.05 Å². The van der Waals surface area contributed by atoms with Crippen LogP contribution in [0.15, 0.2) is 28.7 Å². The number of hydrogen-bond donors (Lipinski definition) is 1. The highest BCUT2D eigenvalue weighted by Gasteiger charge is 2.55. The molecule has 1 saturated heterocycles. The van der Waals surface area contributed by atoms with Gasteiger partial charge in [0.1, 0.15) is 23.9 Å². The lowest BCUT2D eigenvalue weighted by atomic mass is 9.91. The van der Waals surface area contributed by atoms with E-state index in [4.69, 9.17) is 4.74 Å². The molecule has 2 rings (SSSR count). The van der Waals surface area contributed by atoms with Gasteiger partial charge in [0.25, 0.3) is 0 Å². The molecule has 1 heterocycles. The second-order valence-electron chi connectivity index (χ2n) is 8.99. The van der Waals surface area contributed by atoms with Crippen molar-refractivity contribution in [2.24, 2.45) is 5.41 Å². The minimum Gasteiger partial charge on any atom is -0.444 e. The number of ether oxygens (including phenoxy) is 1. The molecule has 6 nitrogen and oxygen atoms in total. The lowest BCUT2D eigenvalue weighted by Gasteiger charge is -2.39. The van der Waals surface area contributed by atoms with E-state index in [1.54, 1.807) is 46.0 Å². The molecule has 27 heavy (non-hydrogen) atoms. The third kappa shape index (κ3) is 4.46. The molecule has 2 amide bonds. The topological polar surface area (TPSA) is 70.1 Å². The van der Waals surface area contributed by atoms with Crippen molar-refractivity contribution in [2.45, 2.75) is 65.5 Å². The molecular weight excluding hydrogens is 412 g/mol. The van der Waals surface area contributed by atoms with Gasteiger partial charge in [-0.3, -0.25) is 9.69 Å². The summed E-state index contributed by atoms with van der Waals surface area (Å²) in [6.07, 6.45) is -2.34. The van der Waals surface area contributed by atoms with E-state index in [0.717, 1.165) is 0 Å². The normalized spacial score (nSPS) is 22.2. The van der Waals surface area contributed by atoms with Crippen LogP contribution in [0.5, 0.6) is 0 Å². The minimum absolute atomic E-state index is 0.316. The first-order valence-corrected chi connectivity index (χ1v) is 9.75. The second kappa shape index (κ2) is 7.43. The van der Waals surface area contributed by atoms with Crippen LogP contribution >= 0.6 is 15.9 Å². The molecule has 1 aromatic carbocycles. The van der Waals surface area contributed by atoms with Crippen molar-refractivity contribution in [1.29, 1.82) is 0 Å². The Morgan fingerprint density at radius 1 is 1.19 bits per heavy atom. The van der Waals surface area contributed by atoms with Crippen LogP contribution in [0.2, 0.25) is 0 Å². The number of halogens is 1. The number of amides is 2. The summed E-state index contributed by atoms with van der Waals surface area (Å²) in [5.74, 6) is -0.316. The number of benzene rings is 1. The Morgan fingerprint density at radius 2 is 1.74 bits per heavy atom. The van der Waals surface area contributed by atoms with Crippen LogP contribution in [0, 0.1) is 5.41 Å². The van der Waals surface area contributed by atoms with E-state index in [1.807, 2.05) is 26.8 Å². The highest BCUT2D eigenvalue weighted by Crippen LogP contribution is 2.40. The Kier molecular flexibility index (Phi) is 5.97. The van der Waals surface area contributed by atoms with Gasteiger partial charge in [-0.2, -0.15) is 0 Å². The number of rotatable bonds is 2. The van der Waals surface area contributed by atoms with Gasteiger partial charge in [-0.25, -0.2) is 4.79 Å². The van der Waals surface area contributed by atoms with Crippen molar-refractivity contribution in [3.05, 3.63) is 34.3 Å². The largest absolute Gasteiger partial charge is 0.444 e. The van der Waals surface area contributed by atoms with Crippen molar-refractivity contribution in [3.63, 3.8) is 0 Å². The smallest absolute Gasteiger partial charge is 0.412 e. The van der Waals surface area contributed by atoms with E-state index in [-0.39, 0.29) is 5.91 Å². The van der Waals surface area contributed by atoms with Crippen molar-refractivity contribution in [1.82, 2.24) is 9.80 Å². The highest BCUT2D eigenvalue weighted by atomic mass is 79.9. The molecule has 1 aromatic rings. The molecule has 0 bridgehead atoms. The van der Waals surface area contributed by atoms with Crippen molar-refractivity contribution >= 4 is 27.9 Å². The average molecular weight is 441 g/mol. The summed E-state index contributed by atoms with van der Waals surface area (Å²) in [5, 5.41) is 11.1. The fraction of sp³-hybridized carbons (Fsp3) is 0.600. The predicted octanol–water partition coefficient (Wildman–Crippen LogP) is 3.93. The van der Waals surface area contributed by atoms with Crippen LogP contribution in [0.3, 0.4) is 0 Å². The molecule has 0 radical (unpaired) electrons. The molecule has 0 aliphatic carbocycles. The summed E-state index contributed by atoms with van der Waals surface area (Å²) in [6.45, 7) is 11.2. The summed E-state index contributed by atoms with van der Waals surface area (Å²) in [5.41, 5.74) is -0.594. The Bertz CT molecular complexity index is 723.